The summed E-state index contributed by atoms with van der Waals surface area (Å²) in [6.07, 6.45) is 3.57. The Morgan fingerprint density at radius 1 is 1.18 bits per heavy atom. The molecule has 1 aromatic carbocycles. The van der Waals surface area contributed by atoms with Gasteiger partial charge < -0.3 is 19.7 Å². The van der Waals surface area contributed by atoms with Crippen molar-refractivity contribution in [2.75, 3.05) is 18.1 Å². The maximum atomic E-state index is 12.4. The van der Waals surface area contributed by atoms with E-state index in [1.807, 2.05) is 12.1 Å². The summed E-state index contributed by atoms with van der Waals surface area (Å²) in [6.45, 7) is 3.80. The number of anilines is 1. The Kier molecular flexibility index (Phi) is 6.54. The SMILES string of the molecule is CC1CCC(NC(=O)COC(=O)CCN2C(=O)C(C)Oc3ccccc32)CC1. The Balaban J connectivity index is 1.44. The van der Waals surface area contributed by atoms with Crippen LogP contribution in [0.5, 0.6) is 5.75 Å². The van der Waals surface area contributed by atoms with E-state index in [0.717, 1.165) is 25.7 Å². The molecule has 0 saturated heterocycles. The first-order valence-corrected chi connectivity index (χ1v) is 9.96. The van der Waals surface area contributed by atoms with Crippen LogP contribution in [-0.2, 0) is 19.1 Å². The zero-order chi connectivity index (χ0) is 20.1. The second-order valence-electron chi connectivity index (χ2n) is 7.65. The monoisotopic (exact) mass is 388 g/mol. The molecular formula is C21H28N2O5. The Morgan fingerprint density at radius 2 is 1.89 bits per heavy atom. The number of para-hydroxylation sites is 2. The van der Waals surface area contributed by atoms with Crippen LogP contribution >= 0.6 is 0 Å². The first-order chi connectivity index (χ1) is 13.4. The van der Waals surface area contributed by atoms with Gasteiger partial charge in [-0.2, -0.15) is 0 Å². The number of ether oxygens (including phenoxy) is 2. The number of amides is 2. The van der Waals surface area contributed by atoms with Gasteiger partial charge in [0.05, 0.1) is 12.1 Å². The van der Waals surface area contributed by atoms with Crippen molar-refractivity contribution in [3.05, 3.63) is 24.3 Å². The Labute approximate surface area is 165 Å². The van der Waals surface area contributed by atoms with Gasteiger partial charge in [0.25, 0.3) is 11.8 Å². The molecule has 28 heavy (non-hydrogen) atoms. The van der Waals surface area contributed by atoms with Gasteiger partial charge in [-0.3, -0.25) is 14.4 Å². The van der Waals surface area contributed by atoms with E-state index in [0.29, 0.717) is 17.4 Å². The maximum absolute atomic E-state index is 12.4. The van der Waals surface area contributed by atoms with Crippen LogP contribution in [0.4, 0.5) is 5.69 Å². The lowest BCUT2D eigenvalue weighted by Crippen LogP contribution is -2.45. The summed E-state index contributed by atoms with van der Waals surface area (Å²) in [5.41, 5.74) is 0.641. The molecule has 7 nitrogen and oxygen atoms in total. The molecule has 2 aliphatic rings. The fourth-order valence-corrected chi connectivity index (χ4v) is 3.68. The van der Waals surface area contributed by atoms with Crippen LogP contribution < -0.4 is 15.0 Å². The van der Waals surface area contributed by atoms with E-state index in [-0.39, 0.29) is 37.4 Å². The van der Waals surface area contributed by atoms with Crippen molar-refractivity contribution in [2.45, 2.75) is 58.1 Å². The quantitative estimate of drug-likeness (QED) is 0.757. The van der Waals surface area contributed by atoms with Gasteiger partial charge in [-0.25, -0.2) is 0 Å². The van der Waals surface area contributed by atoms with Crippen LogP contribution in [0.1, 0.15) is 46.0 Å². The lowest BCUT2D eigenvalue weighted by molar-refractivity contribution is -0.148. The molecule has 0 aromatic heterocycles. The van der Waals surface area contributed by atoms with Gasteiger partial charge in [-0.1, -0.05) is 19.1 Å². The van der Waals surface area contributed by atoms with Gasteiger partial charge in [-0.15, -0.1) is 0 Å². The number of hydrogen-bond acceptors (Lipinski definition) is 5. The van der Waals surface area contributed by atoms with E-state index in [4.69, 9.17) is 9.47 Å². The number of hydrogen-bond donors (Lipinski definition) is 1. The normalized spacial score (nSPS) is 24.1. The van der Waals surface area contributed by atoms with Crippen molar-refractivity contribution in [3.63, 3.8) is 0 Å². The third-order valence-corrected chi connectivity index (χ3v) is 5.36. The van der Waals surface area contributed by atoms with E-state index >= 15 is 0 Å². The first-order valence-electron chi connectivity index (χ1n) is 9.96. The van der Waals surface area contributed by atoms with Gasteiger partial charge in [0, 0.05) is 12.6 Å². The molecule has 0 spiro atoms. The minimum Gasteiger partial charge on any atom is -0.479 e. The smallest absolute Gasteiger partial charge is 0.308 e. The van der Waals surface area contributed by atoms with E-state index in [1.165, 1.54) is 4.90 Å². The molecule has 0 radical (unpaired) electrons. The molecule has 152 valence electrons. The first kappa shape index (κ1) is 20.2. The highest BCUT2D eigenvalue weighted by Gasteiger charge is 2.31. The molecule has 7 heteroatoms. The molecule has 1 saturated carbocycles. The third-order valence-electron chi connectivity index (χ3n) is 5.36. The minimum absolute atomic E-state index is 0.0149. The van der Waals surface area contributed by atoms with Crippen LogP contribution in [0.15, 0.2) is 24.3 Å². The lowest BCUT2D eigenvalue weighted by atomic mass is 9.87. The van der Waals surface area contributed by atoms with Gasteiger partial charge in [-0.05, 0) is 50.7 Å². The van der Waals surface area contributed by atoms with Crippen LogP contribution in [0.25, 0.3) is 0 Å². The summed E-state index contributed by atoms with van der Waals surface area (Å²) in [5.74, 6) is 0.354. The summed E-state index contributed by atoms with van der Waals surface area (Å²) in [5, 5.41) is 2.93. The molecule has 1 aliphatic heterocycles. The highest BCUT2D eigenvalue weighted by molar-refractivity contribution is 6.00. The fourth-order valence-electron chi connectivity index (χ4n) is 3.68. The van der Waals surface area contributed by atoms with Crippen molar-refractivity contribution in [1.82, 2.24) is 5.32 Å². The maximum Gasteiger partial charge on any atom is 0.308 e. The predicted molar refractivity (Wildman–Crippen MR) is 104 cm³/mol. The van der Waals surface area contributed by atoms with Crippen LogP contribution in [0.3, 0.4) is 0 Å². The number of fused-ring (bicyclic) bond motifs is 1. The summed E-state index contributed by atoms with van der Waals surface area (Å²) in [7, 11) is 0. The van der Waals surface area contributed by atoms with Crippen molar-refractivity contribution < 1.29 is 23.9 Å². The average molecular weight is 388 g/mol. The zero-order valence-corrected chi connectivity index (χ0v) is 16.5. The van der Waals surface area contributed by atoms with E-state index in [2.05, 4.69) is 12.2 Å². The molecular weight excluding hydrogens is 360 g/mol. The number of nitrogens with zero attached hydrogens (tertiary/aromatic N) is 1. The topological polar surface area (TPSA) is 84.9 Å². The number of carbonyl (C=O) groups excluding carboxylic acids is 3. The van der Waals surface area contributed by atoms with Crippen molar-refractivity contribution in [1.29, 1.82) is 0 Å². The summed E-state index contributed by atoms with van der Waals surface area (Å²) in [6, 6.07) is 7.39. The highest BCUT2D eigenvalue weighted by atomic mass is 16.5. The van der Waals surface area contributed by atoms with Gasteiger partial charge >= 0.3 is 5.97 Å². The molecule has 1 N–H and O–H groups in total. The molecule has 2 amide bonds. The molecule has 1 atom stereocenters. The predicted octanol–water partition coefficient (Wildman–Crippen LogP) is 2.43. The number of esters is 1. The van der Waals surface area contributed by atoms with Gasteiger partial charge in [0.1, 0.15) is 5.75 Å². The second kappa shape index (κ2) is 9.08. The Bertz CT molecular complexity index is 727. The second-order valence-corrected chi connectivity index (χ2v) is 7.65. The minimum atomic E-state index is -0.602. The highest BCUT2D eigenvalue weighted by Crippen LogP contribution is 2.33. The molecule has 1 unspecified atom stereocenters. The van der Waals surface area contributed by atoms with Gasteiger partial charge in [0.2, 0.25) is 0 Å². The molecule has 0 bridgehead atoms. The fraction of sp³-hybridized carbons (Fsp3) is 0.571. The summed E-state index contributed by atoms with van der Waals surface area (Å²) < 4.78 is 10.7. The number of benzene rings is 1. The average Bonchev–Trinajstić information content (AvgIpc) is 2.68. The molecule has 1 fully saturated rings. The molecule has 3 rings (SSSR count). The van der Waals surface area contributed by atoms with Gasteiger partial charge in [0.15, 0.2) is 12.7 Å². The van der Waals surface area contributed by atoms with E-state index in [1.54, 1.807) is 19.1 Å². The van der Waals surface area contributed by atoms with Crippen molar-refractivity contribution >= 4 is 23.5 Å². The number of carbonyl (C=O) groups is 3. The summed E-state index contributed by atoms with van der Waals surface area (Å²) in [4.78, 5) is 38.0. The standard InChI is InChI=1S/C21H28N2O5/c1-14-7-9-16(10-8-14)22-19(24)13-27-20(25)11-12-23-17-5-3-4-6-18(17)28-15(2)21(23)26/h3-6,14-16H,7-13H2,1-2H3,(H,22,24). The van der Waals surface area contributed by atoms with Crippen LogP contribution in [0.2, 0.25) is 0 Å². The molecule has 1 heterocycles. The van der Waals surface area contributed by atoms with Crippen LogP contribution in [-0.4, -0.2) is 43.1 Å². The Hall–Kier alpha value is -2.57. The largest absolute Gasteiger partial charge is 0.479 e. The number of nitrogens with one attached hydrogen (secondary N) is 1. The zero-order valence-electron chi connectivity index (χ0n) is 16.5. The van der Waals surface area contributed by atoms with E-state index in [9.17, 15) is 14.4 Å². The lowest BCUT2D eigenvalue weighted by Gasteiger charge is -2.32. The Morgan fingerprint density at radius 3 is 2.64 bits per heavy atom. The summed E-state index contributed by atoms with van der Waals surface area (Å²) >= 11 is 0. The van der Waals surface area contributed by atoms with Crippen molar-refractivity contribution in [3.8, 4) is 5.75 Å². The third kappa shape index (κ3) is 5.03. The molecule has 1 aliphatic carbocycles. The van der Waals surface area contributed by atoms with Crippen molar-refractivity contribution in [2.24, 2.45) is 5.92 Å². The number of rotatable bonds is 6. The van der Waals surface area contributed by atoms with Crippen LogP contribution in [0, 0.1) is 5.92 Å². The molecule has 1 aromatic rings. The van der Waals surface area contributed by atoms with E-state index < -0.39 is 12.1 Å².